The van der Waals surface area contributed by atoms with Gasteiger partial charge in [-0.2, -0.15) is 0 Å². The molecule has 1 heteroatoms. The first-order valence-corrected chi connectivity index (χ1v) is 7.89. The third kappa shape index (κ3) is 1.83. The summed E-state index contributed by atoms with van der Waals surface area (Å²) in [5.74, 6) is 0. The van der Waals surface area contributed by atoms with Crippen molar-refractivity contribution in [2.24, 2.45) is 0 Å². The number of rotatable bonds is 2. The molecule has 0 spiro atoms. The first-order valence-electron chi connectivity index (χ1n) is 5.40. The Labute approximate surface area is 88.3 Å². The molecular weight excluding hydrogens is 184 g/mol. The van der Waals surface area contributed by atoms with Crippen molar-refractivity contribution in [2.45, 2.75) is 31.5 Å². The lowest BCUT2D eigenvalue weighted by Gasteiger charge is -2.18. The van der Waals surface area contributed by atoms with Crippen LogP contribution in [0.4, 0.5) is 0 Å². The highest BCUT2D eigenvalue weighted by atomic mass is 28.3. The van der Waals surface area contributed by atoms with E-state index in [0.29, 0.717) is 0 Å². The second kappa shape index (κ2) is 3.74. The Morgan fingerprint density at radius 1 is 0.929 bits per heavy atom. The van der Waals surface area contributed by atoms with E-state index in [0.717, 1.165) is 11.1 Å². The smallest absolute Gasteiger partial charge is 0.0576 e. The van der Waals surface area contributed by atoms with Crippen LogP contribution in [0.15, 0.2) is 47.6 Å². The Morgan fingerprint density at radius 3 is 1.64 bits per heavy atom. The fourth-order valence-corrected chi connectivity index (χ4v) is 4.92. The molecule has 2 rings (SSSR count). The van der Waals surface area contributed by atoms with Gasteiger partial charge >= 0.3 is 0 Å². The van der Waals surface area contributed by atoms with Crippen LogP contribution in [0.2, 0.25) is 17.6 Å². The molecule has 0 heterocycles. The van der Waals surface area contributed by atoms with E-state index in [9.17, 15) is 0 Å². The maximum absolute atomic E-state index is 2.48. The van der Waals surface area contributed by atoms with Gasteiger partial charge < -0.3 is 0 Å². The summed E-state index contributed by atoms with van der Waals surface area (Å²) in [4.78, 5) is 0. The lowest BCUT2D eigenvalue weighted by Crippen LogP contribution is -2.17. The zero-order valence-electron chi connectivity index (χ0n) is 9.20. The van der Waals surface area contributed by atoms with Crippen molar-refractivity contribution < 1.29 is 0 Å². The number of hydrogen-bond acceptors (Lipinski definition) is 0. The summed E-state index contributed by atoms with van der Waals surface area (Å²) in [5, 5.41) is 0. The van der Waals surface area contributed by atoms with Gasteiger partial charge in [0.05, 0.1) is 8.80 Å². The minimum absolute atomic E-state index is 0.710. The molecule has 0 saturated carbocycles. The zero-order valence-corrected chi connectivity index (χ0v) is 10.4. The van der Waals surface area contributed by atoms with Gasteiger partial charge in [-0.15, -0.1) is 0 Å². The highest BCUT2D eigenvalue weighted by Gasteiger charge is 2.24. The minimum atomic E-state index is -0.710. The average Bonchev–Trinajstić information content (AvgIpc) is 2.73. The van der Waals surface area contributed by atoms with E-state index in [1.807, 2.05) is 0 Å². The molecule has 0 aromatic carbocycles. The van der Waals surface area contributed by atoms with Crippen LogP contribution in [0.1, 0.15) is 13.8 Å². The number of hydrogen-bond donors (Lipinski definition) is 0. The minimum Gasteiger partial charge on any atom is -0.0804 e. The second-order valence-corrected chi connectivity index (χ2v) is 7.81. The zero-order chi connectivity index (χ0) is 10.1. The van der Waals surface area contributed by atoms with Crippen molar-refractivity contribution in [3.63, 3.8) is 0 Å². The summed E-state index contributed by atoms with van der Waals surface area (Å²) in [6.07, 6.45) is 14.2. The molecule has 0 amide bonds. The Morgan fingerprint density at radius 2 is 1.36 bits per heavy atom. The van der Waals surface area contributed by atoms with Crippen molar-refractivity contribution in [3.8, 4) is 0 Å². The third-order valence-electron chi connectivity index (χ3n) is 3.29. The molecule has 0 bridgehead atoms. The van der Waals surface area contributed by atoms with Crippen molar-refractivity contribution in [2.75, 3.05) is 0 Å². The lowest BCUT2D eigenvalue weighted by atomic mass is 10.3. The van der Waals surface area contributed by atoms with Gasteiger partial charge in [0.1, 0.15) is 0 Å². The summed E-state index contributed by atoms with van der Waals surface area (Å²) in [7, 11) is -0.710. The van der Waals surface area contributed by atoms with Gasteiger partial charge in [0.2, 0.25) is 0 Å². The fourth-order valence-electron chi connectivity index (χ4n) is 2.27. The molecule has 2 aliphatic carbocycles. The van der Waals surface area contributed by atoms with Crippen molar-refractivity contribution in [3.05, 3.63) is 47.6 Å². The summed E-state index contributed by atoms with van der Waals surface area (Å²) < 4.78 is 0. The van der Waals surface area contributed by atoms with Crippen molar-refractivity contribution >= 4 is 8.80 Å². The van der Waals surface area contributed by atoms with E-state index in [2.05, 4.69) is 56.9 Å². The maximum Gasteiger partial charge on any atom is 0.0576 e. The van der Waals surface area contributed by atoms with Gasteiger partial charge in [-0.25, -0.2) is 0 Å². The van der Waals surface area contributed by atoms with E-state index in [-0.39, 0.29) is 0 Å². The van der Waals surface area contributed by atoms with Gasteiger partial charge in [0.15, 0.2) is 0 Å². The van der Waals surface area contributed by atoms with Crippen LogP contribution in [0, 0.1) is 0 Å². The maximum atomic E-state index is 2.48. The summed E-state index contributed by atoms with van der Waals surface area (Å²) in [5.41, 5.74) is 4.42. The van der Waals surface area contributed by atoms with Crippen molar-refractivity contribution in [1.82, 2.24) is 0 Å². The van der Waals surface area contributed by atoms with Crippen LogP contribution in [0.5, 0.6) is 0 Å². The average molecular weight is 202 g/mol. The van der Waals surface area contributed by atoms with E-state index in [1.165, 1.54) is 11.1 Å². The molecule has 2 atom stereocenters. The highest BCUT2D eigenvalue weighted by Crippen LogP contribution is 2.34. The van der Waals surface area contributed by atoms with Crippen molar-refractivity contribution in [1.29, 1.82) is 0 Å². The molecular formula is C13H18Si. The monoisotopic (exact) mass is 202 g/mol. The van der Waals surface area contributed by atoms with Crippen LogP contribution < -0.4 is 0 Å². The standard InChI is InChI=1S/C13H18Si/c1-10-4-6-12(8-10)14(3)13-7-5-11(2)9-13/h4-9,12-14H,1-3H3. The Hall–Kier alpha value is -0.823. The van der Waals surface area contributed by atoms with Crippen LogP contribution >= 0.6 is 0 Å². The summed E-state index contributed by atoms with van der Waals surface area (Å²) >= 11 is 0. The first-order chi connectivity index (χ1) is 6.66. The topological polar surface area (TPSA) is 0 Å². The molecule has 0 nitrogen and oxygen atoms in total. The first kappa shape index (κ1) is 9.72. The molecule has 2 aliphatic rings. The second-order valence-electron chi connectivity index (χ2n) is 4.55. The Balaban J connectivity index is 2.07. The summed E-state index contributed by atoms with van der Waals surface area (Å²) in [6, 6.07) is 0. The molecule has 74 valence electrons. The molecule has 14 heavy (non-hydrogen) atoms. The molecule has 0 aromatic rings. The Kier molecular flexibility index (Phi) is 2.59. The summed E-state index contributed by atoms with van der Waals surface area (Å²) in [6.45, 7) is 6.88. The van der Waals surface area contributed by atoms with Gasteiger partial charge in [-0.3, -0.25) is 0 Å². The van der Waals surface area contributed by atoms with E-state index in [1.54, 1.807) is 0 Å². The molecule has 0 saturated heterocycles. The van der Waals surface area contributed by atoms with E-state index in [4.69, 9.17) is 0 Å². The molecule has 0 aliphatic heterocycles. The highest BCUT2D eigenvalue weighted by molar-refractivity contribution is 6.63. The predicted octanol–water partition coefficient (Wildman–Crippen LogP) is 3.62. The number of allylic oxidation sites excluding steroid dienone is 8. The van der Waals surface area contributed by atoms with Gasteiger partial charge in [0, 0.05) is 0 Å². The normalized spacial score (nSPS) is 31.9. The molecule has 0 N–H and O–H groups in total. The molecule has 2 unspecified atom stereocenters. The van der Waals surface area contributed by atoms with Crippen LogP contribution in [0.25, 0.3) is 0 Å². The van der Waals surface area contributed by atoms with Gasteiger partial charge in [0.25, 0.3) is 0 Å². The van der Waals surface area contributed by atoms with Crippen LogP contribution in [0.3, 0.4) is 0 Å². The lowest BCUT2D eigenvalue weighted by molar-refractivity contribution is 1.22. The molecule has 0 radical (unpaired) electrons. The largest absolute Gasteiger partial charge is 0.0804 e. The van der Waals surface area contributed by atoms with Crippen LogP contribution in [-0.4, -0.2) is 8.80 Å². The van der Waals surface area contributed by atoms with E-state index >= 15 is 0 Å². The SMILES string of the molecule is CC1=CC([SiH](C)C2C=CC(C)=C2)C=C1. The fraction of sp³-hybridized carbons (Fsp3) is 0.385. The van der Waals surface area contributed by atoms with Gasteiger partial charge in [-0.1, -0.05) is 54.1 Å². The van der Waals surface area contributed by atoms with E-state index < -0.39 is 8.80 Å². The predicted molar refractivity (Wildman–Crippen MR) is 66.3 cm³/mol. The quantitative estimate of drug-likeness (QED) is 0.600. The Bertz CT molecular complexity index is 310. The molecule has 0 fully saturated rings. The molecule has 0 aromatic heterocycles. The third-order valence-corrected chi connectivity index (χ3v) is 6.55. The van der Waals surface area contributed by atoms with Gasteiger partial charge in [-0.05, 0) is 24.9 Å². The van der Waals surface area contributed by atoms with Crippen LogP contribution in [-0.2, 0) is 0 Å².